The predicted octanol–water partition coefficient (Wildman–Crippen LogP) is 2.93. The van der Waals surface area contributed by atoms with E-state index in [1.54, 1.807) is 26.0 Å². The maximum Gasteiger partial charge on any atom is 0.240 e. The average molecular weight is 424 g/mol. The molecule has 152 valence electrons. The van der Waals surface area contributed by atoms with Crippen LogP contribution in [-0.4, -0.2) is 34.9 Å². The Hall–Kier alpha value is -1.90. The van der Waals surface area contributed by atoms with Gasteiger partial charge in [-0.1, -0.05) is 12.1 Å². The number of fused-ring (bicyclic) bond motifs is 1. The Balaban J connectivity index is 1.75. The molecule has 1 aliphatic carbocycles. The number of nitrogens with one attached hydrogen (secondary N) is 1. The minimum absolute atomic E-state index is 0.0850. The molecular weight excluding hydrogens is 398 g/mol. The number of sulfone groups is 1. The quantitative estimate of drug-likeness (QED) is 0.740. The van der Waals surface area contributed by atoms with Crippen LogP contribution in [0.4, 0.5) is 0 Å². The number of rotatable bonds is 7. The van der Waals surface area contributed by atoms with E-state index >= 15 is 0 Å². The van der Waals surface area contributed by atoms with Gasteiger partial charge in [0, 0.05) is 6.07 Å². The molecule has 0 aliphatic heterocycles. The Morgan fingerprint density at radius 3 is 2.36 bits per heavy atom. The van der Waals surface area contributed by atoms with Crippen molar-refractivity contribution in [3.05, 3.63) is 53.6 Å². The summed E-state index contributed by atoms with van der Waals surface area (Å²) < 4.78 is 56.4. The van der Waals surface area contributed by atoms with Gasteiger partial charge in [-0.3, -0.25) is 0 Å². The fraction of sp³-hybridized carbons (Fsp3) is 0.400. The van der Waals surface area contributed by atoms with Crippen molar-refractivity contribution >= 4 is 19.9 Å². The van der Waals surface area contributed by atoms with Gasteiger partial charge in [-0.05, 0) is 75.0 Å². The number of sulfonamides is 1. The largest absolute Gasteiger partial charge is 0.457 e. The van der Waals surface area contributed by atoms with Crippen LogP contribution in [0.5, 0.6) is 11.5 Å². The first-order valence-corrected chi connectivity index (χ1v) is 12.4. The Bertz CT molecular complexity index is 1080. The Kier molecular flexibility index (Phi) is 5.84. The van der Waals surface area contributed by atoms with Crippen LogP contribution in [-0.2, 0) is 32.7 Å². The van der Waals surface area contributed by atoms with Crippen molar-refractivity contribution in [2.24, 2.45) is 5.92 Å². The van der Waals surface area contributed by atoms with Crippen LogP contribution in [0.1, 0.15) is 25.0 Å². The van der Waals surface area contributed by atoms with Crippen molar-refractivity contribution in [3.8, 4) is 11.5 Å². The van der Waals surface area contributed by atoms with Gasteiger partial charge in [0.2, 0.25) is 10.0 Å². The summed E-state index contributed by atoms with van der Waals surface area (Å²) in [7, 11) is -5.25. The molecule has 0 saturated heterocycles. The summed E-state index contributed by atoms with van der Waals surface area (Å²) in [6, 6.07) is 12.0. The smallest absolute Gasteiger partial charge is 0.240 e. The fourth-order valence-corrected chi connectivity index (χ4v) is 5.39. The summed E-state index contributed by atoms with van der Waals surface area (Å²) in [5, 5.41) is -0.365. The van der Waals surface area contributed by atoms with E-state index in [9.17, 15) is 16.8 Å². The standard InChI is InChI=1S/C20H25NO5S2/c1-14(2)27(22,23)13-15-9-16-7-8-19(11-17(16)10-15)26-18-5-4-6-20(12-18)28(24,25)21-3/h4-8,11-12,14-15,21H,9-10,13H2,1-3H3/t15-/m0/s1. The molecule has 6 nitrogen and oxygen atoms in total. The van der Waals surface area contributed by atoms with E-state index in [0.717, 1.165) is 17.5 Å². The zero-order valence-electron chi connectivity index (χ0n) is 16.2. The molecule has 28 heavy (non-hydrogen) atoms. The number of benzene rings is 2. The lowest BCUT2D eigenvalue weighted by atomic mass is 10.1. The summed E-state index contributed by atoms with van der Waals surface area (Å²) in [5.74, 6) is 1.31. The lowest BCUT2D eigenvalue weighted by molar-refractivity contribution is 0.480. The molecule has 2 aromatic carbocycles. The van der Waals surface area contributed by atoms with E-state index in [-0.39, 0.29) is 21.8 Å². The van der Waals surface area contributed by atoms with E-state index in [0.29, 0.717) is 17.9 Å². The monoisotopic (exact) mass is 423 g/mol. The Morgan fingerprint density at radius 1 is 1.00 bits per heavy atom. The van der Waals surface area contributed by atoms with Gasteiger partial charge in [0.25, 0.3) is 0 Å². The first-order chi connectivity index (χ1) is 13.1. The highest BCUT2D eigenvalue weighted by Gasteiger charge is 2.28. The molecule has 0 radical (unpaired) electrons. The molecule has 8 heteroatoms. The highest BCUT2D eigenvalue weighted by Crippen LogP contribution is 2.33. The molecule has 1 N–H and O–H groups in total. The maximum absolute atomic E-state index is 12.2. The zero-order valence-corrected chi connectivity index (χ0v) is 17.8. The number of ether oxygens (including phenoxy) is 1. The summed E-state index contributed by atoms with van der Waals surface area (Å²) in [4.78, 5) is 0.132. The summed E-state index contributed by atoms with van der Waals surface area (Å²) in [5.41, 5.74) is 2.23. The molecule has 2 aromatic rings. The van der Waals surface area contributed by atoms with Crippen LogP contribution in [0.3, 0.4) is 0 Å². The van der Waals surface area contributed by atoms with Crippen molar-refractivity contribution in [2.45, 2.75) is 36.8 Å². The maximum atomic E-state index is 12.2. The molecule has 0 spiro atoms. The number of hydrogen-bond acceptors (Lipinski definition) is 5. The first kappa shape index (κ1) is 20.8. The average Bonchev–Trinajstić information content (AvgIpc) is 3.02. The van der Waals surface area contributed by atoms with E-state index in [4.69, 9.17) is 4.74 Å². The van der Waals surface area contributed by atoms with Gasteiger partial charge in [0.15, 0.2) is 9.84 Å². The minimum Gasteiger partial charge on any atom is -0.457 e. The van der Waals surface area contributed by atoms with E-state index in [2.05, 4.69) is 4.72 Å². The van der Waals surface area contributed by atoms with Gasteiger partial charge in [0.1, 0.15) is 11.5 Å². The molecule has 0 saturated carbocycles. The Labute approximate surface area is 166 Å². The van der Waals surface area contributed by atoms with Crippen LogP contribution in [0.2, 0.25) is 0 Å². The van der Waals surface area contributed by atoms with Gasteiger partial charge in [-0.25, -0.2) is 21.6 Å². The van der Waals surface area contributed by atoms with Gasteiger partial charge in [-0.2, -0.15) is 0 Å². The third-order valence-corrected chi connectivity index (χ3v) is 8.79. The van der Waals surface area contributed by atoms with E-state index < -0.39 is 19.9 Å². The van der Waals surface area contributed by atoms with Crippen molar-refractivity contribution < 1.29 is 21.6 Å². The molecule has 0 amide bonds. The van der Waals surface area contributed by atoms with Gasteiger partial charge >= 0.3 is 0 Å². The van der Waals surface area contributed by atoms with E-state index in [1.165, 1.54) is 19.2 Å². The molecule has 1 aliphatic rings. The van der Waals surface area contributed by atoms with Crippen LogP contribution >= 0.6 is 0 Å². The third kappa shape index (κ3) is 4.56. The van der Waals surface area contributed by atoms with Gasteiger partial charge in [-0.15, -0.1) is 0 Å². The second kappa shape index (κ2) is 7.85. The molecule has 0 fully saturated rings. The topological polar surface area (TPSA) is 89.5 Å². The van der Waals surface area contributed by atoms with Crippen LogP contribution < -0.4 is 9.46 Å². The van der Waals surface area contributed by atoms with Crippen LogP contribution in [0.25, 0.3) is 0 Å². The lowest BCUT2D eigenvalue weighted by Crippen LogP contribution is -2.23. The normalized spacial score (nSPS) is 16.9. The highest BCUT2D eigenvalue weighted by atomic mass is 32.2. The van der Waals surface area contributed by atoms with Crippen LogP contribution in [0, 0.1) is 5.92 Å². The third-order valence-electron chi connectivity index (χ3n) is 5.00. The van der Waals surface area contributed by atoms with Crippen molar-refractivity contribution in [1.29, 1.82) is 0 Å². The van der Waals surface area contributed by atoms with Gasteiger partial charge < -0.3 is 4.74 Å². The molecular formula is C20H25NO5S2. The molecule has 0 aromatic heterocycles. The van der Waals surface area contributed by atoms with Crippen molar-refractivity contribution in [1.82, 2.24) is 4.72 Å². The van der Waals surface area contributed by atoms with E-state index in [1.807, 2.05) is 18.2 Å². The lowest BCUT2D eigenvalue weighted by Gasteiger charge is -2.12. The predicted molar refractivity (Wildman–Crippen MR) is 109 cm³/mol. The van der Waals surface area contributed by atoms with Crippen LogP contribution in [0.15, 0.2) is 47.4 Å². The Morgan fingerprint density at radius 2 is 1.68 bits per heavy atom. The van der Waals surface area contributed by atoms with Gasteiger partial charge in [0.05, 0.1) is 15.9 Å². The highest BCUT2D eigenvalue weighted by molar-refractivity contribution is 7.92. The number of hydrogen-bond donors (Lipinski definition) is 1. The SMILES string of the molecule is CNS(=O)(=O)c1cccc(Oc2ccc3c(c2)C[C@@H](CS(=O)(=O)C(C)C)C3)c1. The summed E-state index contributed by atoms with van der Waals surface area (Å²) in [6.45, 7) is 3.43. The van der Waals surface area contributed by atoms with Crippen molar-refractivity contribution in [2.75, 3.05) is 12.8 Å². The molecule has 0 heterocycles. The summed E-state index contributed by atoms with van der Waals surface area (Å²) >= 11 is 0. The second-order valence-electron chi connectivity index (χ2n) is 7.37. The minimum atomic E-state index is -3.54. The molecule has 1 atom stereocenters. The molecule has 3 rings (SSSR count). The first-order valence-electron chi connectivity index (χ1n) is 9.15. The second-order valence-corrected chi connectivity index (χ2v) is 11.9. The summed E-state index contributed by atoms with van der Waals surface area (Å²) in [6.07, 6.45) is 1.45. The fourth-order valence-electron chi connectivity index (χ4n) is 3.35. The zero-order chi connectivity index (χ0) is 20.5. The van der Waals surface area contributed by atoms with Crippen molar-refractivity contribution in [3.63, 3.8) is 0 Å². The molecule has 0 bridgehead atoms. The molecule has 0 unspecified atom stereocenters.